The van der Waals surface area contributed by atoms with E-state index in [9.17, 15) is 0 Å². The molecule has 0 spiro atoms. The number of aromatic nitrogens is 4. The van der Waals surface area contributed by atoms with Crippen molar-refractivity contribution in [2.75, 3.05) is 5.32 Å². The fourth-order valence-electron chi connectivity index (χ4n) is 2.20. The van der Waals surface area contributed by atoms with Gasteiger partial charge in [-0.3, -0.25) is 0 Å². The molecule has 6 heteroatoms. The minimum absolute atomic E-state index is 0.806. The fourth-order valence-corrected chi connectivity index (χ4v) is 3.08. The van der Waals surface area contributed by atoms with Crippen molar-refractivity contribution in [3.8, 4) is 11.4 Å². The predicted octanol–water partition coefficient (Wildman–Crippen LogP) is 3.17. The van der Waals surface area contributed by atoms with Gasteiger partial charge in [-0.2, -0.15) is 0 Å². The molecule has 0 fully saturated rings. The second-order valence-corrected chi connectivity index (χ2v) is 6.23. The summed E-state index contributed by atoms with van der Waals surface area (Å²) in [5.41, 5.74) is 3.26. The van der Waals surface area contributed by atoms with Crippen LogP contribution in [0.15, 0.2) is 30.6 Å². The number of benzene rings is 1. The highest BCUT2D eigenvalue weighted by Gasteiger charge is 2.06. The first kappa shape index (κ1) is 13.8. The standard InChI is InChI=1S/C15H17N5S/c1-10-14(21-11(2)18-10)8-16-13-6-4-12(5-7-13)15-19-17-9-20(15)3/h4-7,9,16H,8H2,1-3H3. The molecule has 108 valence electrons. The van der Waals surface area contributed by atoms with Crippen LogP contribution in [-0.2, 0) is 13.6 Å². The molecule has 0 atom stereocenters. The zero-order valence-corrected chi connectivity index (χ0v) is 13.1. The Morgan fingerprint density at radius 3 is 2.52 bits per heavy atom. The molecule has 0 saturated carbocycles. The summed E-state index contributed by atoms with van der Waals surface area (Å²) in [4.78, 5) is 5.72. The Morgan fingerprint density at radius 1 is 1.19 bits per heavy atom. The van der Waals surface area contributed by atoms with Crippen molar-refractivity contribution < 1.29 is 0 Å². The maximum atomic E-state index is 4.44. The number of hydrogen-bond acceptors (Lipinski definition) is 5. The van der Waals surface area contributed by atoms with Crippen LogP contribution in [0, 0.1) is 13.8 Å². The van der Waals surface area contributed by atoms with E-state index in [-0.39, 0.29) is 0 Å². The van der Waals surface area contributed by atoms with Crippen LogP contribution in [0.2, 0.25) is 0 Å². The molecule has 5 nitrogen and oxygen atoms in total. The van der Waals surface area contributed by atoms with Crippen LogP contribution in [0.4, 0.5) is 5.69 Å². The van der Waals surface area contributed by atoms with Crippen molar-refractivity contribution in [1.29, 1.82) is 0 Å². The minimum Gasteiger partial charge on any atom is -0.380 e. The molecule has 0 aliphatic rings. The highest BCUT2D eigenvalue weighted by molar-refractivity contribution is 7.11. The van der Waals surface area contributed by atoms with E-state index in [0.29, 0.717) is 0 Å². The van der Waals surface area contributed by atoms with E-state index in [1.54, 1.807) is 17.7 Å². The number of hydrogen-bond donors (Lipinski definition) is 1. The van der Waals surface area contributed by atoms with E-state index in [2.05, 4.69) is 51.7 Å². The normalized spacial score (nSPS) is 10.8. The first-order chi connectivity index (χ1) is 10.1. The molecule has 2 heterocycles. The second kappa shape index (κ2) is 5.65. The summed E-state index contributed by atoms with van der Waals surface area (Å²) < 4.78 is 1.91. The second-order valence-electron chi connectivity index (χ2n) is 4.94. The molecule has 1 aromatic carbocycles. The van der Waals surface area contributed by atoms with Gasteiger partial charge >= 0.3 is 0 Å². The predicted molar refractivity (Wildman–Crippen MR) is 85.4 cm³/mol. The Balaban J connectivity index is 1.70. The first-order valence-electron chi connectivity index (χ1n) is 6.74. The van der Waals surface area contributed by atoms with Crippen LogP contribution in [0.5, 0.6) is 0 Å². The minimum atomic E-state index is 0.806. The maximum Gasteiger partial charge on any atom is 0.163 e. The van der Waals surface area contributed by atoms with Gasteiger partial charge in [-0.05, 0) is 38.1 Å². The van der Waals surface area contributed by atoms with Gasteiger partial charge in [0, 0.05) is 23.2 Å². The third-order valence-corrected chi connectivity index (χ3v) is 4.38. The van der Waals surface area contributed by atoms with Gasteiger partial charge < -0.3 is 9.88 Å². The average molecular weight is 299 g/mol. The summed E-state index contributed by atoms with van der Waals surface area (Å²) in [6.45, 7) is 4.90. The molecule has 0 aliphatic carbocycles. The molecule has 0 saturated heterocycles. The fraction of sp³-hybridized carbons (Fsp3) is 0.267. The maximum absolute atomic E-state index is 4.44. The zero-order valence-electron chi connectivity index (χ0n) is 12.3. The lowest BCUT2D eigenvalue weighted by molar-refractivity contribution is 0.920. The number of aryl methyl sites for hydroxylation is 3. The highest BCUT2D eigenvalue weighted by atomic mass is 32.1. The van der Waals surface area contributed by atoms with E-state index in [1.807, 2.05) is 18.5 Å². The molecule has 2 aromatic heterocycles. The van der Waals surface area contributed by atoms with Crippen LogP contribution >= 0.6 is 11.3 Å². The smallest absolute Gasteiger partial charge is 0.163 e. The molecule has 21 heavy (non-hydrogen) atoms. The summed E-state index contributed by atoms with van der Waals surface area (Å²) in [6, 6.07) is 8.23. The molecular weight excluding hydrogens is 282 g/mol. The van der Waals surface area contributed by atoms with Crippen LogP contribution < -0.4 is 5.32 Å². The van der Waals surface area contributed by atoms with Crippen molar-refractivity contribution in [3.63, 3.8) is 0 Å². The Kier molecular flexibility index (Phi) is 3.70. The number of anilines is 1. The van der Waals surface area contributed by atoms with Crippen LogP contribution in [0.25, 0.3) is 11.4 Å². The largest absolute Gasteiger partial charge is 0.380 e. The molecule has 0 bridgehead atoms. The highest BCUT2D eigenvalue weighted by Crippen LogP contribution is 2.21. The van der Waals surface area contributed by atoms with Crippen LogP contribution in [0.3, 0.4) is 0 Å². The molecule has 1 N–H and O–H groups in total. The molecule has 0 radical (unpaired) electrons. The number of nitrogens with zero attached hydrogens (tertiary/aromatic N) is 4. The van der Waals surface area contributed by atoms with Gasteiger partial charge in [0.15, 0.2) is 5.82 Å². The first-order valence-corrected chi connectivity index (χ1v) is 7.56. The van der Waals surface area contributed by atoms with Gasteiger partial charge in [-0.1, -0.05) is 0 Å². The summed E-state index contributed by atoms with van der Waals surface area (Å²) in [5.74, 6) is 0.871. The van der Waals surface area contributed by atoms with Gasteiger partial charge in [0.2, 0.25) is 0 Å². The molecule has 0 unspecified atom stereocenters. The van der Waals surface area contributed by atoms with Crippen LogP contribution in [-0.4, -0.2) is 19.7 Å². The lowest BCUT2D eigenvalue weighted by Crippen LogP contribution is -1.99. The Bertz CT molecular complexity index is 742. The average Bonchev–Trinajstić information content (AvgIpc) is 3.03. The van der Waals surface area contributed by atoms with Crippen molar-refractivity contribution in [2.24, 2.45) is 7.05 Å². The van der Waals surface area contributed by atoms with Gasteiger partial charge in [-0.15, -0.1) is 21.5 Å². The Hall–Kier alpha value is -2.21. The summed E-state index contributed by atoms with van der Waals surface area (Å²) in [6.07, 6.45) is 1.70. The molecular formula is C15H17N5S. The van der Waals surface area contributed by atoms with Gasteiger partial charge in [0.05, 0.1) is 17.2 Å². The molecule has 3 rings (SSSR count). The van der Waals surface area contributed by atoms with E-state index >= 15 is 0 Å². The van der Waals surface area contributed by atoms with E-state index in [0.717, 1.165) is 34.3 Å². The van der Waals surface area contributed by atoms with Crippen molar-refractivity contribution in [1.82, 2.24) is 19.7 Å². The lowest BCUT2D eigenvalue weighted by atomic mass is 10.2. The SMILES string of the molecule is Cc1nc(C)c(CNc2ccc(-c3nncn3C)cc2)s1. The quantitative estimate of drug-likeness (QED) is 0.804. The number of thiazole rings is 1. The van der Waals surface area contributed by atoms with Gasteiger partial charge in [0.1, 0.15) is 6.33 Å². The Labute approximate surface area is 127 Å². The number of rotatable bonds is 4. The van der Waals surface area contributed by atoms with Crippen molar-refractivity contribution >= 4 is 17.0 Å². The molecule has 0 aliphatic heterocycles. The monoisotopic (exact) mass is 299 g/mol. The topological polar surface area (TPSA) is 55.6 Å². The summed E-state index contributed by atoms with van der Waals surface area (Å²) in [7, 11) is 1.94. The van der Waals surface area contributed by atoms with Crippen molar-refractivity contribution in [3.05, 3.63) is 46.2 Å². The molecule has 3 aromatic rings. The summed E-state index contributed by atoms with van der Waals surface area (Å²) in [5, 5.41) is 12.6. The van der Waals surface area contributed by atoms with Gasteiger partial charge in [0.25, 0.3) is 0 Å². The van der Waals surface area contributed by atoms with E-state index < -0.39 is 0 Å². The van der Waals surface area contributed by atoms with E-state index in [4.69, 9.17) is 0 Å². The van der Waals surface area contributed by atoms with Gasteiger partial charge in [-0.25, -0.2) is 4.98 Å². The lowest BCUT2D eigenvalue weighted by Gasteiger charge is -2.06. The van der Waals surface area contributed by atoms with E-state index in [1.165, 1.54) is 4.88 Å². The number of nitrogens with one attached hydrogen (secondary N) is 1. The third-order valence-electron chi connectivity index (χ3n) is 3.31. The Morgan fingerprint density at radius 2 is 1.95 bits per heavy atom. The van der Waals surface area contributed by atoms with Crippen molar-refractivity contribution in [2.45, 2.75) is 20.4 Å². The zero-order chi connectivity index (χ0) is 14.8. The third kappa shape index (κ3) is 2.95. The molecule has 0 amide bonds. The van der Waals surface area contributed by atoms with Crippen LogP contribution in [0.1, 0.15) is 15.6 Å². The summed E-state index contributed by atoms with van der Waals surface area (Å²) >= 11 is 1.74.